The van der Waals surface area contributed by atoms with Gasteiger partial charge in [-0.2, -0.15) is 5.26 Å². The van der Waals surface area contributed by atoms with Gasteiger partial charge in [-0.25, -0.2) is 0 Å². The van der Waals surface area contributed by atoms with Crippen molar-refractivity contribution in [2.24, 2.45) is 0 Å². The lowest BCUT2D eigenvalue weighted by Gasteiger charge is -2.23. The zero-order chi connectivity index (χ0) is 19.8. The lowest BCUT2D eigenvalue weighted by molar-refractivity contribution is -0.141. The van der Waals surface area contributed by atoms with Crippen molar-refractivity contribution in [2.75, 3.05) is 27.3 Å². The Morgan fingerprint density at radius 1 is 1.26 bits per heavy atom. The number of benzene rings is 2. The Balaban J connectivity index is 2.58. The maximum atomic E-state index is 13.3. The van der Waals surface area contributed by atoms with Gasteiger partial charge in [-0.1, -0.05) is 24.3 Å². The third kappa shape index (κ3) is 4.42. The summed E-state index contributed by atoms with van der Waals surface area (Å²) >= 11 is 0. The number of carbonyl (C=O) groups is 3. The van der Waals surface area contributed by atoms with Gasteiger partial charge in [0.15, 0.2) is 0 Å². The number of hydrogen-bond donors (Lipinski definition) is 0. The molecule has 0 saturated heterocycles. The fraction of sp³-hybridized carbons (Fsp3) is 0.300. The molecule has 0 aliphatic rings. The number of methoxy groups -OCH3 is 2. The van der Waals surface area contributed by atoms with Crippen LogP contribution in [-0.4, -0.2) is 50.4 Å². The van der Waals surface area contributed by atoms with E-state index in [1.807, 2.05) is 6.07 Å². The lowest BCUT2D eigenvalue weighted by Crippen LogP contribution is -2.37. The fourth-order valence-electron chi connectivity index (χ4n) is 2.83. The minimum atomic E-state index is -0.575. The van der Waals surface area contributed by atoms with Crippen LogP contribution in [0.5, 0.6) is 5.75 Å². The van der Waals surface area contributed by atoms with Crippen LogP contribution in [0.3, 0.4) is 0 Å². The van der Waals surface area contributed by atoms with Crippen molar-refractivity contribution in [2.45, 2.75) is 12.8 Å². The summed E-state index contributed by atoms with van der Waals surface area (Å²) in [7, 11) is 2.63. The molecule has 0 unspecified atom stereocenters. The minimum Gasteiger partial charge on any atom is -0.495 e. The summed E-state index contributed by atoms with van der Waals surface area (Å²) in [5.41, 5.74) is 0.438. The van der Waals surface area contributed by atoms with Crippen LogP contribution in [0, 0.1) is 11.3 Å². The van der Waals surface area contributed by atoms with Gasteiger partial charge in [0.1, 0.15) is 24.6 Å². The van der Waals surface area contributed by atoms with Crippen molar-refractivity contribution in [1.82, 2.24) is 4.90 Å². The van der Waals surface area contributed by atoms with Crippen molar-refractivity contribution in [3.63, 3.8) is 0 Å². The molecule has 0 aliphatic carbocycles. The predicted molar refractivity (Wildman–Crippen MR) is 98.4 cm³/mol. The third-order valence-corrected chi connectivity index (χ3v) is 4.12. The molecule has 27 heavy (non-hydrogen) atoms. The Morgan fingerprint density at radius 3 is 2.63 bits per heavy atom. The first-order valence-corrected chi connectivity index (χ1v) is 8.36. The summed E-state index contributed by atoms with van der Waals surface area (Å²) in [6, 6.07) is 10.8. The fourth-order valence-corrected chi connectivity index (χ4v) is 2.83. The molecule has 140 valence electrons. The van der Waals surface area contributed by atoms with Crippen LogP contribution in [-0.2, 0) is 14.3 Å². The van der Waals surface area contributed by atoms with E-state index in [2.05, 4.69) is 4.74 Å². The van der Waals surface area contributed by atoms with E-state index in [0.29, 0.717) is 17.2 Å². The van der Waals surface area contributed by atoms with Gasteiger partial charge in [-0.3, -0.25) is 9.59 Å². The molecule has 2 rings (SSSR count). The van der Waals surface area contributed by atoms with Crippen LogP contribution in [0.1, 0.15) is 28.8 Å². The zero-order valence-corrected chi connectivity index (χ0v) is 15.2. The second-order valence-electron chi connectivity index (χ2n) is 5.78. The van der Waals surface area contributed by atoms with Gasteiger partial charge in [0.05, 0.1) is 25.3 Å². The number of esters is 1. The summed E-state index contributed by atoms with van der Waals surface area (Å²) in [6.07, 6.45) is 1.43. The van der Waals surface area contributed by atoms with E-state index in [9.17, 15) is 19.6 Å². The highest BCUT2D eigenvalue weighted by Crippen LogP contribution is 2.33. The van der Waals surface area contributed by atoms with E-state index in [1.165, 1.54) is 19.1 Å². The average Bonchev–Trinajstić information content (AvgIpc) is 2.70. The highest BCUT2D eigenvalue weighted by Gasteiger charge is 2.26. The summed E-state index contributed by atoms with van der Waals surface area (Å²) in [4.78, 5) is 37.0. The van der Waals surface area contributed by atoms with Gasteiger partial charge >= 0.3 is 5.97 Å². The molecule has 0 heterocycles. The van der Waals surface area contributed by atoms with Crippen LogP contribution in [0.15, 0.2) is 30.3 Å². The molecule has 7 nitrogen and oxygen atoms in total. The van der Waals surface area contributed by atoms with Crippen LogP contribution in [0.25, 0.3) is 10.8 Å². The second kappa shape index (κ2) is 9.34. The number of nitriles is 1. The van der Waals surface area contributed by atoms with Crippen LogP contribution < -0.4 is 4.74 Å². The summed E-state index contributed by atoms with van der Waals surface area (Å²) in [6.45, 7) is -0.0661. The molecular weight excluding hydrogens is 348 g/mol. The molecule has 0 aliphatic heterocycles. The smallest absolute Gasteiger partial charge is 0.325 e. The van der Waals surface area contributed by atoms with Crippen molar-refractivity contribution in [1.29, 1.82) is 5.26 Å². The average molecular weight is 368 g/mol. The lowest BCUT2D eigenvalue weighted by atomic mass is 9.98. The zero-order valence-electron chi connectivity index (χ0n) is 15.2. The normalized spacial score (nSPS) is 10.1. The Kier molecular flexibility index (Phi) is 6.89. The Morgan fingerprint density at radius 2 is 2.00 bits per heavy atom. The first kappa shape index (κ1) is 19.9. The van der Waals surface area contributed by atoms with Gasteiger partial charge in [0.25, 0.3) is 5.91 Å². The molecule has 2 aromatic carbocycles. The van der Waals surface area contributed by atoms with Crippen molar-refractivity contribution >= 4 is 28.9 Å². The van der Waals surface area contributed by atoms with Crippen LogP contribution >= 0.6 is 0 Å². The third-order valence-electron chi connectivity index (χ3n) is 4.12. The number of hydrogen-bond acceptors (Lipinski definition) is 6. The predicted octanol–water partition coefficient (Wildman–Crippen LogP) is 2.31. The Hall–Kier alpha value is -3.40. The molecule has 0 atom stereocenters. The van der Waals surface area contributed by atoms with Crippen LogP contribution in [0.2, 0.25) is 0 Å². The number of unbranched alkanes of at least 4 members (excludes halogenated alkanes) is 1. The van der Waals surface area contributed by atoms with E-state index in [4.69, 9.17) is 4.74 Å². The van der Waals surface area contributed by atoms with E-state index in [1.54, 1.807) is 30.3 Å². The van der Waals surface area contributed by atoms with Gasteiger partial charge in [-0.05, 0) is 23.3 Å². The summed E-state index contributed by atoms with van der Waals surface area (Å²) < 4.78 is 10.0. The van der Waals surface area contributed by atoms with Crippen LogP contribution in [0.4, 0.5) is 0 Å². The highest BCUT2D eigenvalue weighted by molar-refractivity contribution is 6.11. The molecular formula is C20H20N2O5. The van der Waals surface area contributed by atoms with E-state index >= 15 is 0 Å². The van der Waals surface area contributed by atoms with Crippen molar-refractivity contribution < 1.29 is 23.9 Å². The maximum Gasteiger partial charge on any atom is 0.325 e. The first-order chi connectivity index (χ1) is 13.1. The van der Waals surface area contributed by atoms with E-state index in [-0.39, 0.29) is 36.4 Å². The standard InChI is InChI=1S/C20H20N2O5/c1-26-17(24)13-22(9-5-6-10-23)20(25)18-16-8-4-3-7-14(16)11-15(12-21)19(18)27-2/h3-4,7-8,10-11H,5-6,9,13H2,1-2H3. The number of rotatable bonds is 8. The van der Waals surface area contributed by atoms with Crippen molar-refractivity contribution in [3.8, 4) is 11.8 Å². The number of carbonyl (C=O) groups excluding carboxylic acids is 3. The van der Waals surface area contributed by atoms with Gasteiger partial charge in [0.2, 0.25) is 0 Å². The molecule has 2 aromatic rings. The Bertz CT molecular complexity index is 901. The SMILES string of the molecule is COC(=O)CN(CCCC=O)C(=O)c1c(OC)c(C#N)cc2ccccc12. The maximum absolute atomic E-state index is 13.3. The number of fused-ring (bicyclic) bond motifs is 1. The quantitative estimate of drug-likeness (QED) is 0.403. The minimum absolute atomic E-state index is 0.159. The Labute approximate surface area is 157 Å². The molecule has 0 N–H and O–H groups in total. The van der Waals surface area contributed by atoms with Crippen molar-refractivity contribution in [3.05, 3.63) is 41.5 Å². The number of ether oxygens (including phenoxy) is 2. The molecule has 0 aromatic heterocycles. The van der Waals surface area contributed by atoms with Gasteiger partial charge in [0, 0.05) is 13.0 Å². The number of aldehydes is 1. The van der Waals surface area contributed by atoms with E-state index < -0.39 is 11.9 Å². The second-order valence-corrected chi connectivity index (χ2v) is 5.78. The number of nitrogens with zero attached hydrogens (tertiary/aromatic N) is 2. The molecule has 0 bridgehead atoms. The molecule has 0 spiro atoms. The molecule has 1 amide bonds. The van der Waals surface area contributed by atoms with Gasteiger partial charge < -0.3 is 19.2 Å². The molecule has 0 fully saturated rings. The summed E-state index contributed by atoms with van der Waals surface area (Å²) in [5.74, 6) is -0.878. The highest BCUT2D eigenvalue weighted by atomic mass is 16.5. The molecule has 0 saturated carbocycles. The number of amides is 1. The molecule has 0 radical (unpaired) electrons. The topological polar surface area (TPSA) is 96.7 Å². The molecule has 7 heteroatoms. The summed E-state index contributed by atoms with van der Waals surface area (Å²) in [5, 5.41) is 10.8. The van der Waals surface area contributed by atoms with Gasteiger partial charge in [-0.15, -0.1) is 0 Å². The largest absolute Gasteiger partial charge is 0.495 e. The monoisotopic (exact) mass is 368 g/mol. The first-order valence-electron chi connectivity index (χ1n) is 8.36. The van der Waals surface area contributed by atoms with E-state index in [0.717, 1.165) is 6.29 Å².